The van der Waals surface area contributed by atoms with E-state index >= 15 is 0 Å². The van der Waals surface area contributed by atoms with Crippen molar-refractivity contribution >= 4 is 33.2 Å². The molecule has 0 spiro atoms. The Kier molecular flexibility index (Phi) is 4.08. The van der Waals surface area contributed by atoms with Crippen molar-refractivity contribution in [3.8, 4) is 5.75 Å². The first kappa shape index (κ1) is 11.7. The average Bonchev–Trinajstić information content (AvgIpc) is 2.01. The maximum atomic E-state index is 6.11. The molecule has 4 heteroatoms. The lowest BCUT2D eigenvalue weighted by atomic mass is 10.3. The molecular weight excluding hydrogens is 265 g/mol. The summed E-state index contributed by atoms with van der Waals surface area (Å²) in [4.78, 5) is 1.96. The van der Waals surface area contributed by atoms with E-state index in [1.165, 1.54) is 0 Å². The van der Waals surface area contributed by atoms with Gasteiger partial charge in [-0.25, -0.2) is 0 Å². The molecule has 0 fully saturated rings. The van der Waals surface area contributed by atoms with Gasteiger partial charge in [0, 0.05) is 24.6 Å². The maximum absolute atomic E-state index is 6.11. The summed E-state index contributed by atoms with van der Waals surface area (Å²) in [6.07, 6.45) is 0. The van der Waals surface area contributed by atoms with Crippen LogP contribution in [0.2, 0.25) is 5.02 Å². The van der Waals surface area contributed by atoms with Crippen molar-refractivity contribution in [1.29, 1.82) is 0 Å². The second-order valence-electron chi connectivity index (χ2n) is 3.06. The summed E-state index contributed by atoms with van der Waals surface area (Å²) in [5.41, 5.74) is 0.968. The fourth-order valence-electron chi connectivity index (χ4n) is 1.22. The summed E-state index contributed by atoms with van der Waals surface area (Å²) in [5.74, 6) is 0.787. The first-order valence-corrected chi connectivity index (χ1v) is 5.52. The van der Waals surface area contributed by atoms with Gasteiger partial charge in [0.05, 0.1) is 17.3 Å². The van der Waals surface area contributed by atoms with Crippen LogP contribution in [0.15, 0.2) is 16.6 Å². The van der Waals surface area contributed by atoms with Gasteiger partial charge in [0.2, 0.25) is 0 Å². The smallest absolute Gasteiger partial charge is 0.122 e. The van der Waals surface area contributed by atoms with Gasteiger partial charge in [0.25, 0.3) is 0 Å². The summed E-state index contributed by atoms with van der Waals surface area (Å²) in [7, 11) is 3.90. The summed E-state index contributed by atoms with van der Waals surface area (Å²) in [5, 5.41) is 0.688. The maximum Gasteiger partial charge on any atom is 0.122 e. The third kappa shape index (κ3) is 2.55. The van der Waals surface area contributed by atoms with Crippen molar-refractivity contribution in [2.45, 2.75) is 6.92 Å². The van der Waals surface area contributed by atoms with E-state index in [0.717, 1.165) is 15.9 Å². The Morgan fingerprint density at radius 3 is 2.50 bits per heavy atom. The van der Waals surface area contributed by atoms with Crippen LogP contribution in [0.4, 0.5) is 5.69 Å². The van der Waals surface area contributed by atoms with Gasteiger partial charge < -0.3 is 9.64 Å². The van der Waals surface area contributed by atoms with Crippen LogP contribution in [0, 0.1) is 0 Å². The van der Waals surface area contributed by atoms with Gasteiger partial charge in [-0.2, -0.15) is 0 Å². The summed E-state index contributed by atoms with van der Waals surface area (Å²) < 4.78 is 6.31. The Labute approximate surface area is 97.9 Å². The van der Waals surface area contributed by atoms with Gasteiger partial charge in [-0.15, -0.1) is 0 Å². The topological polar surface area (TPSA) is 12.5 Å². The van der Waals surface area contributed by atoms with Gasteiger partial charge >= 0.3 is 0 Å². The quantitative estimate of drug-likeness (QED) is 0.838. The Morgan fingerprint density at radius 2 is 2.07 bits per heavy atom. The number of hydrogen-bond donors (Lipinski definition) is 0. The van der Waals surface area contributed by atoms with Crippen LogP contribution in [0.25, 0.3) is 0 Å². The van der Waals surface area contributed by atoms with Crippen LogP contribution < -0.4 is 9.64 Å². The number of anilines is 1. The highest BCUT2D eigenvalue weighted by Gasteiger charge is 2.09. The number of rotatable bonds is 3. The number of halogens is 2. The predicted molar refractivity (Wildman–Crippen MR) is 64.6 cm³/mol. The number of nitrogens with zero attached hydrogens (tertiary/aromatic N) is 1. The van der Waals surface area contributed by atoms with E-state index in [2.05, 4.69) is 15.9 Å². The van der Waals surface area contributed by atoms with E-state index in [9.17, 15) is 0 Å². The SMILES string of the molecule is CCOc1cc(Cl)c(N(C)C)c(Br)c1. The van der Waals surface area contributed by atoms with Crippen molar-refractivity contribution < 1.29 is 4.74 Å². The molecule has 1 aromatic rings. The van der Waals surface area contributed by atoms with Gasteiger partial charge in [0.1, 0.15) is 5.75 Å². The third-order valence-electron chi connectivity index (χ3n) is 1.75. The molecule has 0 atom stereocenters. The normalized spacial score (nSPS) is 10.1. The first-order chi connectivity index (χ1) is 6.56. The molecule has 0 aliphatic heterocycles. The first-order valence-electron chi connectivity index (χ1n) is 4.35. The minimum Gasteiger partial charge on any atom is -0.494 e. The monoisotopic (exact) mass is 277 g/mol. The molecular formula is C10H13BrClNO. The highest BCUT2D eigenvalue weighted by Crippen LogP contribution is 2.36. The predicted octanol–water partition coefficient (Wildman–Crippen LogP) is 3.57. The Bertz CT molecular complexity index is 305. The van der Waals surface area contributed by atoms with Gasteiger partial charge in [0.15, 0.2) is 0 Å². The summed E-state index contributed by atoms with van der Waals surface area (Å²) in [6.45, 7) is 2.59. The molecule has 0 saturated carbocycles. The number of benzene rings is 1. The highest BCUT2D eigenvalue weighted by molar-refractivity contribution is 9.10. The molecule has 0 bridgehead atoms. The molecule has 0 aromatic heterocycles. The standard InChI is InChI=1S/C10H13BrClNO/c1-4-14-7-5-8(11)10(13(2)3)9(12)6-7/h5-6H,4H2,1-3H3. The van der Waals surface area contributed by atoms with Crippen molar-refractivity contribution in [3.63, 3.8) is 0 Å². The Balaban J connectivity index is 3.11. The van der Waals surface area contributed by atoms with E-state index in [1.54, 1.807) is 0 Å². The van der Waals surface area contributed by atoms with E-state index in [1.807, 2.05) is 38.1 Å². The Morgan fingerprint density at radius 1 is 1.43 bits per heavy atom. The molecule has 1 aromatic carbocycles. The van der Waals surface area contributed by atoms with Crippen molar-refractivity contribution in [1.82, 2.24) is 0 Å². The molecule has 14 heavy (non-hydrogen) atoms. The van der Waals surface area contributed by atoms with Crippen LogP contribution in [-0.4, -0.2) is 20.7 Å². The lowest BCUT2D eigenvalue weighted by molar-refractivity contribution is 0.340. The molecule has 0 amide bonds. The fraction of sp³-hybridized carbons (Fsp3) is 0.400. The second-order valence-corrected chi connectivity index (χ2v) is 4.32. The molecule has 0 N–H and O–H groups in total. The largest absolute Gasteiger partial charge is 0.494 e. The van der Waals surface area contributed by atoms with Crippen LogP contribution >= 0.6 is 27.5 Å². The highest BCUT2D eigenvalue weighted by atomic mass is 79.9. The summed E-state index contributed by atoms with van der Waals surface area (Å²) in [6, 6.07) is 3.75. The van der Waals surface area contributed by atoms with Crippen LogP contribution in [0.5, 0.6) is 5.75 Å². The lowest BCUT2D eigenvalue weighted by Gasteiger charge is -2.17. The minimum absolute atomic E-state index is 0.643. The average molecular weight is 279 g/mol. The minimum atomic E-state index is 0.643. The molecule has 0 heterocycles. The van der Waals surface area contributed by atoms with Gasteiger partial charge in [-0.3, -0.25) is 0 Å². The van der Waals surface area contributed by atoms with Gasteiger partial charge in [-0.05, 0) is 28.9 Å². The molecule has 1 rings (SSSR count). The van der Waals surface area contributed by atoms with Crippen LogP contribution in [-0.2, 0) is 0 Å². The van der Waals surface area contributed by atoms with Crippen molar-refractivity contribution in [3.05, 3.63) is 21.6 Å². The Hall–Kier alpha value is -0.410. The molecule has 0 saturated heterocycles. The molecule has 78 valence electrons. The van der Waals surface area contributed by atoms with Crippen LogP contribution in [0.3, 0.4) is 0 Å². The molecule has 0 aliphatic carbocycles. The second kappa shape index (κ2) is 4.89. The van der Waals surface area contributed by atoms with E-state index in [-0.39, 0.29) is 0 Å². The summed E-state index contributed by atoms with van der Waals surface area (Å²) >= 11 is 9.58. The lowest BCUT2D eigenvalue weighted by Crippen LogP contribution is -2.10. The molecule has 0 unspecified atom stereocenters. The van der Waals surface area contributed by atoms with E-state index in [4.69, 9.17) is 16.3 Å². The number of hydrogen-bond acceptors (Lipinski definition) is 2. The zero-order valence-electron chi connectivity index (χ0n) is 8.47. The van der Waals surface area contributed by atoms with Crippen molar-refractivity contribution in [2.24, 2.45) is 0 Å². The van der Waals surface area contributed by atoms with E-state index in [0.29, 0.717) is 11.6 Å². The van der Waals surface area contributed by atoms with Gasteiger partial charge in [-0.1, -0.05) is 11.6 Å². The number of ether oxygens (including phenoxy) is 1. The molecule has 0 aliphatic rings. The zero-order valence-corrected chi connectivity index (χ0v) is 10.8. The molecule has 2 nitrogen and oxygen atoms in total. The fourth-order valence-corrected chi connectivity index (χ4v) is 2.51. The third-order valence-corrected chi connectivity index (χ3v) is 2.64. The van der Waals surface area contributed by atoms with E-state index < -0.39 is 0 Å². The van der Waals surface area contributed by atoms with Crippen molar-refractivity contribution in [2.75, 3.05) is 25.6 Å². The molecule has 0 radical (unpaired) electrons. The zero-order chi connectivity index (χ0) is 10.7. The van der Waals surface area contributed by atoms with Crippen LogP contribution in [0.1, 0.15) is 6.92 Å².